The zero-order valence-corrected chi connectivity index (χ0v) is 15.7. The fourth-order valence-electron chi connectivity index (χ4n) is 4.07. The number of hydrogen-bond donors (Lipinski definition) is 0. The lowest BCUT2D eigenvalue weighted by Gasteiger charge is -2.25. The first-order valence-electron chi connectivity index (χ1n) is 9.50. The van der Waals surface area contributed by atoms with E-state index in [0.717, 1.165) is 23.9 Å². The van der Waals surface area contributed by atoms with Gasteiger partial charge in [-0.15, -0.1) is 0 Å². The third kappa shape index (κ3) is 2.82. The van der Waals surface area contributed by atoms with Crippen LogP contribution in [0.3, 0.4) is 0 Å². The number of para-hydroxylation sites is 1. The minimum atomic E-state index is -0.162. The molecule has 0 saturated carbocycles. The number of aromatic nitrogens is 4. The lowest BCUT2D eigenvalue weighted by Crippen LogP contribution is -2.33. The molecule has 0 aliphatic heterocycles. The van der Waals surface area contributed by atoms with Gasteiger partial charge in [-0.1, -0.05) is 42.5 Å². The molecule has 0 spiro atoms. The second kappa shape index (κ2) is 6.73. The molecule has 0 fully saturated rings. The summed E-state index contributed by atoms with van der Waals surface area (Å²) in [7, 11) is 2.05. The Labute approximate surface area is 162 Å². The Bertz CT molecular complexity index is 1190. The first-order valence-corrected chi connectivity index (χ1v) is 9.50. The van der Waals surface area contributed by atoms with E-state index in [9.17, 15) is 4.79 Å². The highest BCUT2D eigenvalue weighted by Crippen LogP contribution is 2.34. The van der Waals surface area contributed by atoms with Gasteiger partial charge in [-0.05, 0) is 43.1 Å². The van der Waals surface area contributed by atoms with Crippen LogP contribution in [0.5, 0.6) is 0 Å². The minimum absolute atomic E-state index is 0.162. The van der Waals surface area contributed by atoms with Crippen molar-refractivity contribution in [3.63, 3.8) is 0 Å². The van der Waals surface area contributed by atoms with Gasteiger partial charge in [-0.3, -0.25) is 9.69 Å². The third-order valence-corrected chi connectivity index (χ3v) is 5.53. The summed E-state index contributed by atoms with van der Waals surface area (Å²) in [5.41, 5.74) is 3.96. The SMILES string of the molecule is CN(Cn1ncc2cn(-c3ccccc3)nc2c1=O)C1CCc2ccccc21. The molecular formula is C22H21N5O. The Morgan fingerprint density at radius 3 is 2.75 bits per heavy atom. The van der Waals surface area contributed by atoms with Gasteiger partial charge in [0, 0.05) is 17.6 Å². The maximum atomic E-state index is 13.0. The molecule has 1 unspecified atom stereocenters. The van der Waals surface area contributed by atoms with Gasteiger partial charge >= 0.3 is 0 Å². The van der Waals surface area contributed by atoms with Crippen LogP contribution in [0, 0.1) is 0 Å². The minimum Gasteiger partial charge on any atom is -0.280 e. The molecule has 0 saturated heterocycles. The molecule has 0 N–H and O–H groups in total. The van der Waals surface area contributed by atoms with E-state index in [0.29, 0.717) is 18.2 Å². The van der Waals surface area contributed by atoms with Gasteiger partial charge in [0.1, 0.15) is 0 Å². The number of nitrogens with zero attached hydrogens (tertiary/aromatic N) is 5. The van der Waals surface area contributed by atoms with E-state index in [2.05, 4.69) is 39.4 Å². The van der Waals surface area contributed by atoms with Crippen molar-refractivity contribution in [2.45, 2.75) is 25.6 Å². The highest BCUT2D eigenvalue weighted by Gasteiger charge is 2.26. The van der Waals surface area contributed by atoms with E-state index >= 15 is 0 Å². The van der Waals surface area contributed by atoms with E-state index in [1.165, 1.54) is 15.8 Å². The van der Waals surface area contributed by atoms with Gasteiger partial charge in [-0.2, -0.15) is 10.2 Å². The van der Waals surface area contributed by atoms with Crippen LogP contribution < -0.4 is 5.56 Å². The Morgan fingerprint density at radius 1 is 1.11 bits per heavy atom. The van der Waals surface area contributed by atoms with Crippen LogP contribution in [0.4, 0.5) is 0 Å². The van der Waals surface area contributed by atoms with E-state index in [-0.39, 0.29) is 5.56 Å². The molecule has 0 amide bonds. The number of hydrogen-bond acceptors (Lipinski definition) is 4. The van der Waals surface area contributed by atoms with Gasteiger partial charge in [-0.25, -0.2) is 9.36 Å². The highest BCUT2D eigenvalue weighted by atomic mass is 16.1. The Morgan fingerprint density at radius 2 is 1.89 bits per heavy atom. The molecule has 2 aromatic heterocycles. The quantitative estimate of drug-likeness (QED) is 0.553. The summed E-state index contributed by atoms with van der Waals surface area (Å²) in [5.74, 6) is 0. The summed E-state index contributed by atoms with van der Waals surface area (Å²) >= 11 is 0. The second-order valence-electron chi connectivity index (χ2n) is 7.31. The average Bonchev–Trinajstić information content (AvgIpc) is 3.35. The predicted molar refractivity (Wildman–Crippen MR) is 108 cm³/mol. The van der Waals surface area contributed by atoms with E-state index < -0.39 is 0 Å². The van der Waals surface area contributed by atoms with E-state index in [4.69, 9.17) is 0 Å². The summed E-state index contributed by atoms with van der Waals surface area (Å²) in [6.45, 7) is 0.436. The first kappa shape index (κ1) is 16.9. The van der Waals surface area contributed by atoms with Crippen molar-refractivity contribution in [1.82, 2.24) is 24.5 Å². The van der Waals surface area contributed by atoms with Crippen molar-refractivity contribution in [2.24, 2.45) is 0 Å². The van der Waals surface area contributed by atoms with E-state index in [1.54, 1.807) is 10.9 Å². The Balaban J connectivity index is 1.45. The Hall–Kier alpha value is -3.25. The highest BCUT2D eigenvalue weighted by molar-refractivity contribution is 5.76. The number of benzene rings is 2. The van der Waals surface area contributed by atoms with Crippen LogP contribution in [0.25, 0.3) is 16.6 Å². The van der Waals surface area contributed by atoms with Crippen molar-refractivity contribution in [3.05, 3.63) is 88.5 Å². The normalized spacial score (nSPS) is 16.0. The summed E-state index contributed by atoms with van der Waals surface area (Å²) in [6, 6.07) is 18.6. The molecule has 0 bridgehead atoms. The van der Waals surface area contributed by atoms with Crippen LogP contribution in [-0.2, 0) is 13.1 Å². The zero-order valence-electron chi connectivity index (χ0n) is 15.7. The molecular weight excluding hydrogens is 350 g/mol. The van der Waals surface area contributed by atoms with Gasteiger partial charge in [0.05, 0.1) is 18.6 Å². The van der Waals surface area contributed by atoms with Gasteiger partial charge in [0.25, 0.3) is 5.56 Å². The number of aryl methyl sites for hydroxylation is 1. The van der Waals surface area contributed by atoms with Gasteiger partial charge < -0.3 is 0 Å². The molecule has 1 aliphatic rings. The molecule has 5 rings (SSSR count). The molecule has 2 aromatic carbocycles. The van der Waals surface area contributed by atoms with Crippen molar-refractivity contribution in [2.75, 3.05) is 7.05 Å². The van der Waals surface area contributed by atoms with Gasteiger partial charge in [0.15, 0.2) is 5.52 Å². The van der Waals surface area contributed by atoms with E-state index in [1.807, 2.05) is 43.6 Å². The van der Waals surface area contributed by atoms with Crippen molar-refractivity contribution < 1.29 is 0 Å². The standard InChI is InChI=1S/C22H21N5O/c1-25(20-12-11-16-7-5-6-10-19(16)20)15-27-22(28)21-17(13-23-27)14-26(24-21)18-8-3-2-4-9-18/h2-10,13-14,20H,11-12,15H2,1H3. The fraction of sp³-hybridized carbons (Fsp3) is 0.227. The number of fused-ring (bicyclic) bond motifs is 2. The largest absolute Gasteiger partial charge is 0.296 e. The van der Waals surface area contributed by atoms with Crippen LogP contribution in [0.2, 0.25) is 0 Å². The summed E-state index contributed by atoms with van der Waals surface area (Å²) < 4.78 is 3.24. The maximum Gasteiger partial charge on any atom is 0.296 e. The molecule has 6 nitrogen and oxygen atoms in total. The lowest BCUT2D eigenvalue weighted by molar-refractivity contribution is 0.180. The fourth-order valence-corrected chi connectivity index (χ4v) is 4.07. The van der Waals surface area contributed by atoms with Crippen molar-refractivity contribution in [3.8, 4) is 5.69 Å². The monoisotopic (exact) mass is 371 g/mol. The molecule has 6 heteroatoms. The molecule has 28 heavy (non-hydrogen) atoms. The first-order chi connectivity index (χ1) is 13.7. The molecule has 0 radical (unpaired) electrons. The van der Waals surface area contributed by atoms with Crippen LogP contribution in [-0.4, -0.2) is 31.5 Å². The zero-order chi connectivity index (χ0) is 19.1. The predicted octanol–water partition coefficient (Wildman–Crippen LogP) is 3.16. The molecule has 140 valence electrons. The topological polar surface area (TPSA) is 56.0 Å². The lowest BCUT2D eigenvalue weighted by atomic mass is 10.1. The maximum absolute atomic E-state index is 13.0. The van der Waals surface area contributed by atoms with Crippen molar-refractivity contribution >= 4 is 10.9 Å². The second-order valence-corrected chi connectivity index (χ2v) is 7.31. The average molecular weight is 371 g/mol. The third-order valence-electron chi connectivity index (χ3n) is 5.53. The smallest absolute Gasteiger partial charge is 0.280 e. The Kier molecular flexibility index (Phi) is 4.06. The van der Waals surface area contributed by atoms with Crippen molar-refractivity contribution in [1.29, 1.82) is 0 Å². The molecule has 1 atom stereocenters. The summed E-state index contributed by atoms with van der Waals surface area (Å²) in [5, 5.41) is 9.65. The van der Waals surface area contributed by atoms with Crippen LogP contribution >= 0.6 is 0 Å². The van der Waals surface area contributed by atoms with Crippen LogP contribution in [0.1, 0.15) is 23.6 Å². The number of rotatable bonds is 4. The summed E-state index contributed by atoms with van der Waals surface area (Å²) in [6.07, 6.45) is 5.71. The molecule has 2 heterocycles. The summed E-state index contributed by atoms with van der Waals surface area (Å²) in [4.78, 5) is 15.2. The molecule has 1 aliphatic carbocycles. The molecule has 4 aromatic rings. The van der Waals surface area contributed by atoms with Gasteiger partial charge in [0.2, 0.25) is 0 Å². The van der Waals surface area contributed by atoms with Crippen LogP contribution in [0.15, 0.2) is 71.8 Å².